The molecule has 0 amide bonds. The molecule has 12 heteroatoms. The third-order valence-electron chi connectivity index (χ3n) is 7.32. The number of nitrogens with one attached hydrogen (secondary N) is 2. The summed E-state index contributed by atoms with van der Waals surface area (Å²) in [4.78, 5) is 23.7. The normalized spacial score (nSPS) is 18.3. The highest BCUT2D eigenvalue weighted by Gasteiger charge is 2.26. The highest BCUT2D eigenvalue weighted by Crippen LogP contribution is 2.34. The van der Waals surface area contributed by atoms with E-state index in [1.54, 1.807) is 0 Å². The maximum Gasteiger partial charge on any atom is 0.319 e. The number of aromatic nitrogens is 4. The molecule has 2 aromatic rings. The quantitative estimate of drug-likeness (QED) is 0.290. The van der Waals surface area contributed by atoms with Gasteiger partial charge in [0, 0.05) is 50.3 Å². The topological polar surface area (TPSA) is 141 Å². The van der Waals surface area contributed by atoms with Crippen LogP contribution in [-0.2, 0) is 0 Å². The van der Waals surface area contributed by atoms with Crippen LogP contribution in [0.1, 0.15) is 80.1 Å². The van der Waals surface area contributed by atoms with E-state index in [-0.39, 0.29) is 36.3 Å². The molecule has 236 valence electrons. The van der Waals surface area contributed by atoms with E-state index >= 15 is 0 Å². The van der Waals surface area contributed by atoms with Crippen LogP contribution in [0.2, 0.25) is 0 Å². The number of piperidine rings is 2. The van der Waals surface area contributed by atoms with Crippen molar-refractivity contribution >= 4 is 22.7 Å². The number of nitrogens with zero attached hydrogens (tertiary/aromatic N) is 6. The van der Waals surface area contributed by atoms with Gasteiger partial charge in [-0.3, -0.25) is 0 Å². The number of fused-ring (bicyclic) bond motifs is 1. The van der Waals surface area contributed by atoms with Crippen LogP contribution >= 0.6 is 0 Å². The summed E-state index contributed by atoms with van der Waals surface area (Å²) in [5.74, 6) is 1.38. The van der Waals surface area contributed by atoms with E-state index in [1.807, 2.05) is 0 Å². The van der Waals surface area contributed by atoms with Crippen molar-refractivity contribution in [2.45, 2.75) is 103 Å². The van der Waals surface area contributed by atoms with E-state index in [2.05, 4.69) is 62.0 Å². The van der Waals surface area contributed by atoms with Crippen LogP contribution in [0, 0.1) is 0 Å². The van der Waals surface area contributed by atoms with E-state index < -0.39 is 12.2 Å². The Morgan fingerprint density at radius 1 is 0.619 bits per heavy atom. The molecule has 0 aromatic carbocycles. The molecule has 2 aliphatic heterocycles. The minimum absolute atomic E-state index is 0.0651. The highest BCUT2D eigenvalue weighted by molar-refractivity contribution is 5.94. The summed E-state index contributed by atoms with van der Waals surface area (Å²) in [6.07, 6.45) is 5.21. The molecule has 4 N–H and O–H groups in total. The van der Waals surface area contributed by atoms with E-state index in [9.17, 15) is 10.2 Å². The Hall–Kier alpha value is -2.54. The van der Waals surface area contributed by atoms with Gasteiger partial charge in [-0.1, -0.05) is 0 Å². The van der Waals surface area contributed by atoms with Gasteiger partial charge >= 0.3 is 12.0 Å². The molecule has 4 rings (SSSR count). The molecule has 0 saturated carbocycles. The fraction of sp³-hybridized carbons (Fsp3) is 0.800. The molecule has 0 bridgehead atoms. The Morgan fingerprint density at radius 3 is 1.31 bits per heavy atom. The first-order valence-corrected chi connectivity index (χ1v) is 15.6. The predicted octanol–water partition coefficient (Wildman–Crippen LogP) is 2.66. The van der Waals surface area contributed by atoms with Crippen molar-refractivity contribution in [3.63, 3.8) is 0 Å². The van der Waals surface area contributed by atoms with Gasteiger partial charge < -0.3 is 40.1 Å². The summed E-state index contributed by atoms with van der Waals surface area (Å²) >= 11 is 0. The Morgan fingerprint density at radius 2 is 0.976 bits per heavy atom. The zero-order valence-corrected chi connectivity index (χ0v) is 26.4. The van der Waals surface area contributed by atoms with Crippen LogP contribution < -0.4 is 29.9 Å². The Bertz CT molecular complexity index is 1050. The molecular weight excluding hydrogens is 536 g/mol. The number of aliphatic hydroxyl groups is 2. The zero-order valence-electron chi connectivity index (χ0n) is 26.4. The summed E-state index contributed by atoms with van der Waals surface area (Å²) in [7, 11) is 0. The zero-order chi connectivity index (χ0) is 30.3. The number of hydrogen-bond acceptors (Lipinski definition) is 12. The second-order valence-electron chi connectivity index (χ2n) is 13.6. The van der Waals surface area contributed by atoms with Gasteiger partial charge in [0.25, 0.3) is 0 Å². The molecule has 2 saturated heterocycles. The second-order valence-corrected chi connectivity index (χ2v) is 13.6. The molecule has 12 nitrogen and oxygen atoms in total. The van der Waals surface area contributed by atoms with Crippen molar-refractivity contribution in [2.24, 2.45) is 0 Å². The summed E-state index contributed by atoms with van der Waals surface area (Å²) in [6, 6.07) is 0.411. The molecule has 0 spiro atoms. The van der Waals surface area contributed by atoms with Gasteiger partial charge in [-0.05, 0) is 80.1 Å². The molecule has 4 heterocycles. The van der Waals surface area contributed by atoms with E-state index in [1.165, 1.54) is 12.8 Å². The third kappa shape index (κ3) is 9.75. The van der Waals surface area contributed by atoms with Gasteiger partial charge in [0.2, 0.25) is 0 Å². The van der Waals surface area contributed by atoms with Crippen molar-refractivity contribution in [3.05, 3.63) is 0 Å². The van der Waals surface area contributed by atoms with Crippen LogP contribution in [0.5, 0.6) is 12.0 Å². The van der Waals surface area contributed by atoms with Crippen LogP contribution in [0.15, 0.2) is 0 Å². The van der Waals surface area contributed by atoms with E-state index in [0.29, 0.717) is 35.8 Å². The fourth-order valence-corrected chi connectivity index (χ4v) is 5.03. The van der Waals surface area contributed by atoms with E-state index in [0.717, 1.165) is 51.9 Å². The molecule has 0 radical (unpaired) electrons. The first-order valence-electron chi connectivity index (χ1n) is 15.6. The van der Waals surface area contributed by atoms with Crippen molar-refractivity contribution in [1.82, 2.24) is 30.6 Å². The Balaban J connectivity index is 1.66. The van der Waals surface area contributed by atoms with Crippen LogP contribution in [-0.4, -0.2) is 106 Å². The van der Waals surface area contributed by atoms with Gasteiger partial charge in [-0.15, -0.1) is 0 Å². The smallest absolute Gasteiger partial charge is 0.319 e. The van der Waals surface area contributed by atoms with Crippen molar-refractivity contribution in [1.29, 1.82) is 0 Å². The summed E-state index contributed by atoms with van der Waals surface area (Å²) in [6.45, 7) is 16.7. The largest absolute Gasteiger partial charge is 0.461 e. The number of hydrogen-bond donors (Lipinski definition) is 4. The number of aliphatic hydroxyl groups excluding tert-OH is 2. The van der Waals surface area contributed by atoms with Gasteiger partial charge in [0.1, 0.15) is 36.5 Å². The lowest BCUT2D eigenvalue weighted by molar-refractivity contribution is 0.0949. The number of rotatable bonds is 12. The molecule has 2 aliphatic rings. The molecule has 2 atom stereocenters. The van der Waals surface area contributed by atoms with Crippen molar-refractivity contribution < 1.29 is 19.7 Å². The number of anilines is 2. The molecule has 42 heavy (non-hydrogen) atoms. The highest BCUT2D eigenvalue weighted by atomic mass is 16.5. The monoisotopic (exact) mass is 588 g/mol. The van der Waals surface area contributed by atoms with Crippen LogP contribution in [0.25, 0.3) is 11.0 Å². The first kappa shape index (κ1) is 32.4. The molecule has 0 aliphatic carbocycles. The van der Waals surface area contributed by atoms with Gasteiger partial charge in [0.15, 0.2) is 11.6 Å². The molecule has 2 aromatic heterocycles. The van der Waals surface area contributed by atoms with Crippen LogP contribution in [0.4, 0.5) is 11.6 Å². The van der Waals surface area contributed by atoms with Gasteiger partial charge in [-0.2, -0.15) is 19.9 Å². The average molecular weight is 589 g/mol. The molecule has 2 fully saturated rings. The Labute approximate surface area is 250 Å². The average Bonchev–Trinajstić information content (AvgIpc) is 2.96. The minimum atomic E-state index is -0.713. The lowest BCUT2D eigenvalue weighted by Crippen LogP contribution is -2.42. The minimum Gasteiger partial charge on any atom is -0.461 e. The van der Waals surface area contributed by atoms with E-state index in [4.69, 9.17) is 29.4 Å². The maximum absolute atomic E-state index is 10.6. The maximum atomic E-state index is 10.6. The van der Waals surface area contributed by atoms with Crippen molar-refractivity contribution in [2.75, 3.05) is 62.3 Å². The summed E-state index contributed by atoms with van der Waals surface area (Å²) in [5.41, 5.74) is 1.02. The third-order valence-corrected chi connectivity index (χ3v) is 7.32. The first-order chi connectivity index (χ1) is 19.9. The molecule has 2 unspecified atom stereocenters. The fourth-order valence-electron chi connectivity index (χ4n) is 5.03. The lowest BCUT2D eigenvalue weighted by atomic mass is 10.1. The standard InChI is InChI=1S/C30H52N8O4/c1-29(2,3)31-17-21(39)19-41-27-33-23-24(25(35-27)37-13-9-7-10-14-37)34-28(36-26(23)38-15-11-8-12-16-38)42-20-22(40)18-32-30(4,5)6/h21-22,31-32,39-40H,7-20H2,1-6H3. The number of ether oxygens (including phenoxy) is 2. The summed E-state index contributed by atoms with van der Waals surface area (Å²) in [5, 5.41) is 27.7. The number of β-amino-alcohol motifs (C(OH)–C–C–N with tert-alkyl or cyclic N) is 2. The molecular formula is C30H52N8O4. The SMILES string of the molecule is CC(C)(C)NCC(O)COc1nc(N2CCCCC2)c2nc(OCC(O)CNC(C)(C)C)nc(N3CCCCC3)c2n1. The van der Waals surface area contributed by atoms with Crippen molar-refractivity contribution in [3.8, 4) is 12.0 Å². The van der Waals surface area contributed by atoms with Crippen LogP contribution in [0.3, 0.4) is 0 Å². The predicted molar refractivity (Wildman–Crippen MR) is 166 cm³/mol. The van der Waals surface area contributed by atoms with Gasteiger partial charge in [-0.25, -0.2) is 0 Å². The second kappa shape index (κ2) is 14.3. The lowest BCUT2D eigenvalue weighted by Gasteiger charge is -2.31. The summed E-state index contributed by atoms with van der Waals surface area (Å²) < 4.78 is 12.0. The van der Waals surface area contributed by atoms with Gasteiger partial charge in [0.05, 0.1) is 0 Å². The Kier molecular flexibility index (Phi) is 11.0.